The number of ether oxygens (including phenoxy) is 1. The van der Waals surface area contributed by atoms with Crippen molar-refractivity contribution in [3.8, 4) is 11.1 Å². The molecule has 5 rings (SSSR count). The molecule has 0 radical (unpaired) electrons. The average molecular weight is 406 g/mol. The highest BCUT2D eigenvalue weighted by molar-refractivity contribution is 5.77. The van der Waals surface area contributed by atoms with E-state index in [-0.39, 0.29) is 18.2 Å². The number of piperidine rings is 2. The lowest BCUT2D eigenvalue weighted by Gasteiger charge is -2.52. The van der Waals surface area contributed by atoms with Crippen molar-refractivity contribution in [3.63, 3.8) is 0 Å². The summed E-state index contributed by atoms with van der Waals surface area (Å²) in [5, 5.41) is 11.8. The fraction of sp³-hybridized carbons (Fsp3) is 0.500. The molecule has 2 aliphatic heterocycles. The summed E-state index contributed by atoms with van der Waals surface area (Å²) in [6.07, 6.45) is 4.80. The number of fused-ring (bicyclic) bond motifs is 5. The van der Waals surface area contributed by atoms with Gasteiger partial charge in [0.25, 0.3) is 0 Å². The number of aliphatic hydroxyl groups is 1. The molecule has 3 aliphatic rings. The highest BCUT2D eigenvalue weighted by atomic mass is 16.6. The van der Waals surface area contributed by atoms with Gasteiger partial charge in [-0.1, -0.05) is 42.5 Å². The second-order valence-corrected chi connectivity index (χ2v) is 10.3. The maximum Gasteiger partial charge on any atom is 0.410 e. The largest absolute Gasteiger partial charge is 0.444 e. The molecule has 1 aliphatic carbocycles. The Kier molecular flexibility index (Phi) is 4.48. The van der Waals surface area contributed by atoms with E-state index >= 15 is 0 Å². The van der Waals surface area contributed by atoms with Crippen molar-refractivity contribution < 1.29 is 14.6 Å². The molecule has 0 saturated carbocycles. The van der Waals surface area contributed by atoms with Crippen molar-refractivity contribution in [2.24, 2.45) is 0 Å². The van der Waals surface area contributed by atoms with Gasteiger partial charge in [-0.3, -0.25) is 0 Å². The molecule has 2 atom stereocenters. The first-order valence-electron chi connectivity index (χ1n) is 11.2. The number of nitrogens with zero attached hydrogens (tertiary/aromatic N) is 1. The zero-order chi connectivity index (χ0) is 21.1. The zero-order valence-corrected chi connectivity index (χ0v) is 18.1. The summed E-state index contributed by atoms with van der Waals surface area (Å²) in [4.78, 5) is 14.8. The smallest absolute Gasteiger partial charge is 0.410 e. The van der Waals surface area contributed by atoms with E-state index in [1.807, 2.05) is 25.7 Å². The fourth-order valence-electron chi connectivity index (χ4n) is 5.71. The Labute approximate surface area is 178 Å². The van der Waals surface area contributed by atoms with Crippen LogP contribution >= 0.6 is 0 Å². The first kappa shape index (κ1) is 19.6. The van der Waals surface area contributed by atoms with Crippen molar-refractivity contribution in [1.29, 1.82) is 0 Å². The Morgan fingerprint density at radius 3 is 2.40 bits per heavy atom. The molecule has 30 heavy (non-hydrogen) atoms. The highest BCUT2D eigenvalue weighted by Crippen LogP contribution is 2.46. The van der Waals surface area contributed by atoms with Gasteiger partial charge in [-0.25, -0.2) is 4.79 Å². The zero-order valence-electron chi connectivity index (χ0n) is 18.1. The van der Waals surface area contributed by atoms with Gasteiger partial charge in [0.1, 0.15) is 5.60 Å². The Bertz CT molecular complexity index is 976. The van der Waals surface area contributed by atoms with Crippen LogP contribution in [-0.4, -0.2) is 33.8 Å². The van der Waals surface area contributed by atoms with Gasteiger partial charge in [-0.05, 0) is 74.3 Å². The van der Waals surface area contributed by atoms with Gasteiger partial charge < -0.3 is 14.7 Å². The lowest BCUT2D eigenvalue weighted by Crippen LogP contribution is -2.59. The van der Waals surface area contributed by atoms with Gasteiger partial charge >= 0.3 is 6.09 Å². The summed E-state index contributed by atoms with van der Waals surface area (Å²) < 4.78 is 5.69. The van der Waals surface area contributed by atoms with E-state index in [9.17, 15) is 9.90 Å². The molecule has 1 amide bonds. The van der Waals surface area contributed by atoms with Crippen molar-refractivity contribution >= 4 is 6.09 Å². The van der Waals surface area contributed by atoms with E-state index in [1.54, 1.807) is 0 Å². The molecule has 2 unspecified atom stereocenters. The summed E-state index contributed by atoms with van der Waals surface area (Å²) in [6.45, 7) is 5.72. The fourth-order valence-corrected chi connectivity index (χ4v) is 5.71. The van der Waals surface area contributed by atoms with Crippen LogP contribution in [0.1, 0.15) is 69.6 Å². The maximum absolute atomic E-state index is 12.9. The normalized spacial score (nSPS) is 27.4. The van der Waals surface area contributed by atoms with Crippen LogP contribution in [0.15, 0.2) is 42.5 Å². The van der Waals surface area contributed by atoms with Crippen LogP contribution in [0.4, 0.5) is 4.79 Å². The van der Waals surface area contributed by atoms with Crippen molar-refractivity contribution in [1.82, 2.24) is 4.90 Å². The Hall–Kier alpha value is -2.33. The van der Waals surface area contributed by atoms with E-state index in [4.69, 9.17) is 4.74 Å². The molecule has 2 saturated heterocycles. The summed E-state index contributed by atoms with van der Waals surface area (Å²) in [7, 11) is 0. The second-order valence-electron chi connectivity index (χ2n) is 10.3. The first-order chi connectivity index (χ1) is 14.2. The van der Waals surface area contributed by atoms with Gasteiger partial charge in [-0.2, -0.15) is 0 Å². The minimum atomic E-state index is -0.891. The Morgan fingerprint density at radius 2 is 1.70 bits per heavy atom. The van der Waals surface area contributed by atoms with Crippen molar-refractivity contribution in [2.75, 3.05) is 0 Å². The standard InChI is InChI=1S/C26H31NO3/c1-25(2,3)30-24(28)27-20-8-6-9-21(27)16-26(29,15-20)19-11-12-23-18(14-19)13-17-7-4-5-10-22(17)23/h4-5,7,10-12,14,20-21,29H,6,8-9,13,15-16H2,1-3H3. The molecule has 1 N–H and O–H groups in total. The van der Waals surface area contributed by atoms with Gasteiger partial charge in [0, 0.05) is 24.9 Å². The molecule has 4 heteroatoms. The quantitative estimate of drug-likeness (QED) is 0.590. The number of hydrogen-bond donors (Lipinski definition) is 1. The lowest BCUT2D eigenvalue weighted by atomic mass is 9.72. The molecular formula is C26H31NO3. The van der Waals surface area contributed by atoms with E-state index < -0.39 is 11.2 Å². The number of carbonyl (C=O) groups excluding carboxylic acids is 1. The minimum Gasteiger partial charge on any atom is -0.444 e. The monoisotopic (exact) mass is 405 g/mol. The Balaban J connectivity index is 1.42. The number of amides is 1. The van der Waals surface area contributed by atoms with Gasteiger partial charge in [0.15, 0.2) is 0 Å². The molecular weight excluding hydrogens is 374 g/mol. The summed E-state index contributed by atoms with van der Waals surface area (Å²) in [5.74, 6) is 0. The van der Waals surface area contributed by atoms with Crippen molar-refractivity contribution in [2.45, 2.75) is 82.6 Å². The highest BCUT2D eigenvalue weighted by Gasteiger charge is 2.49. The van der Waals surface area contributed by atoms with Crippen LogP contribution in [0.5, 0.6) is 0 Å². The lowest BCUT2D eigenvalue weighted by molar-refractivity contribution is -0.0965. The third-order valence-electron chi connectivity index (χ3n) is 6.94. The number of rotatable bonds is 1. The predicted octanol–water partition coefficient (Wildman–Crippen LogP) is 5.40. The topological polar surface area (TPSA) is 49.8 Å². The maximum atomic E-state index is 12.9. The number of hydrogen-bond acceptors (Lipinski definition) is 3. The molecule has 2 heterocycles. The molecule has 158 valence electrons. The Morgan fingerprint density at radius 1 is 1.03 bits per heavy atom. The summed E-state index contributed by atoms with van der Waals surface area (Å²) >= 11 is 0. The van der Waals surface area contributed by atoms with Crippen LogP contribution < -0.4 is 0 Å². The SMILES string of the molecule is CC(C)(C)OC(=O)N1C2CCCC1CC(O)(c1ccc3c(c1)Cc1ccccc1-3)C2. The van der Waals surface area contributed by atoms with E-state index in [1.165, 1.54) is 22.3 Å². The third-order valence-corrected chi connectivity index (χ3v) is 6.94. The molecule has 0 aromatic heterocycles. The van der Waals surface area contributed by atoms with Gasteiger partial charge in [0.2, 0.25) is 0 Å². The van der Waals surface area contributed by atoms with Gasteiger partial charge in [-0.15, -0.1) is 0 Å². The van der Waals surface area contributed by atoms with Crippen LogP contribution in [0.2, 0.25) is 0 Å². The van der Waals surface area contributed by atoms with E-state index in [0.29, 0.717) is 12.8 Å². The van der Waals surface area contributed by atoms with Gasteiger partial charge in [0.05, 0.1) is 5.60 Å². The number of benzene rings is 2. The van der Waals surface area contributed by atoms with Crippen LogP contribution in [0.3, 0.4) is 0 Å². The second kappa shape index (κ2) is 6.84. The molecule has 4 nitrogen and oxygen atoms in total. The molecule has 0 spiro atoms. The average Bonchev–Trinajstić information content (AvgIpc) is 3.03. The van der Waals surface area contributed by atoms with Crippen LogP contribution in [0, 0.1) is 0 Å². The van der Waals surface area contributed by atoms with Crippen LogP contribution in [-0.2, 0) is 16.8 Å². The third kappa shape index (κ3) is 3.31. The molecule has 2 fully saturated rings. The minimum absolute atomic E-state index is 0.0304. The summed E-state index contributed by atoms with van der Waals surface area (Å²) in [5.41, 5.74) is 4.84. The van der Waals surface area contributed by atoms with E-state index in [2.05, 4.69) is 42.5 Å². The van der Waals surface area contributed by atoms with Crippen LogP contribution in [0.25, 0.3) is 11.1 Å². The molecule has 2 bridgehead atoms. The predicted molar refractivity (Wildman–Crippen MR) is 117 cm³/mol. The summed E-state index contributed by atoms with van der Waals surface area (Å²) in [6, 6.07) is 15.1. The molecule has 2 aromatic rings. The van der Waals surface area contributed by atoms with Crippen molar-refractivity contribution in [3.05, 3.63) is 59.2 Å². The molecule has 2 aromatic carbocycles. The first-order valence-corrected chi connectivity index (χ1v) is 11.2. The van der Waals surface area contributed by atoms with E-state index in [0.717, 1.165) is 31.2 Å². The number of carbonyl (C=O) groups is 1.